The largest absolute Gasteiger partial charge is 0.496 e. The molecular formula is C25H30O7. The first kappa shape index (κ1) is 24.0. The number of benzene rings is 2. The van der Waals surface area contributed by atoms with Gasteiger partial charge < -0.3 is 34.6 Å². The maximum atomic E-state index is 10.4. The standard InChI is InChI=1S/C25H30O7/c1-4-6-15-8-10-19(30-3)17(12-15)18-13-16(7-5-2)9-11-20(18)31-25-24(29)23(28)22(27)21(14-26)32-25/h4-5,8-13,21-29H,1-2,6-7,14H2,3H3/t21-,22-,23+,24-,25-/m1/s1. The van der Waals surface area contributed by atoms with Crippen LogP contribution < -0.4 is 9.47 Å². The van der Waals surface area contributed by atoms with Crippen molar-refractivity contribution in [2.45, 2.75) is 43.5 Å². The van der Waals surface area contributed by atoms with E-state index in [1.165, 1.54) is 0 Å². The molecule has 1 heterocycles. The lowest BCUT2D eigenvalue weighted by molar-refractivity contribution is -0.277. The highest BCUT2D eigenvalue weighted by Gasteiger charge is 2.44. The first-order valence-electron chi connectivity index (χ1n) is 10.4. The third-order valence-electron chi connectivity index (χ3n) is 5.45. The molecule has 1 saturated heterocycles. The first-order chi connectivity index (χ1) is 15.4. The smallest absolute Gasteiger partial charge is 0.229 e. The molecule has 0 radical (unpaired) electrons. The number of rotatable bonds is 9. The molecule has 7 nitrogen and oxygen atoms in total. The molecular weight excluding hydrogens is 412 g/mol. The minimum Gasteiger partial charge on any atom is -0.496 e. The number of hydrogen-bond donors (Lipinski definition) is 4. The lowest BCUT2D eigenvalue weighted by Crippen LogP contribution is -2.60. The highest BCUT2D eigenvalue weighted by Crippen LogP contribution is 2.39. The molecule has 5 atom stereocenters. The van der Waals surface area contributed by atoms with E-state index in [2.05, 4.69) is 13.2 Å². The molecule has 0 amide bonds. The Labute approximate surface area is 187 Å². The van der Waals surface area contributed by atoms with Crippen molar-refractivity contribution in [2.75, 3.05) is 13.7 Å². The molecule has 0 aromatic heterocycles. The third kappa shape index (κ3) is 5.03. The van der Waals surface area contributed by atoms with Crippen LogP contribution in [-0.4, -0.2) is 64.8 Å². The Hall–Kier alpha value is -2.68. The Balaban J connectivity index is 2.05. The van der Waals surface area contributed by atoms with E-state index >= 15 is 0 Å². The molecule has 32 heavy (non-hydrogen) atoms. The summed E-state index contributed by atoms with van der Waals surface area (Å²) in [6.07, 6.45) is -1.94. The SMILES string of the molecule is C=CCc1ccc(OC)c(-c2cc(CC=C)ccc2O[C@@H]2O[C@H](CO)[C@@H](O)[C@H](O)[C@H]2O)c1. The number of aliphatic hydroxyl groups excluding tert-OH is 4. The minimum absolute atomic E-state index is 0.385. The van der Waals surface area contributed by atoms with Gasteiger partial charge in [0, 0.05) is 11.1 Å². The van der Waals surface area contributed by atoms with Crippen LogP contribution in [-0.2, 0) is 17.6 Å². The zero-order chi connectivity index (χ0) is 23.3. The summed E-state index contributed by atoms with van der Waals surface area (Å²) >= 11 is 0. The van der Waals surface area contributed by atoms with Crippen LogP contribution in [0, 0.1) is 0 Å². The molecule has 2 aromatic rings. The quantitative estimate of drug-likeness (QED) is 0.440. The molecule has 1 aliphatic heterocycles. The van der Waals surface area contributed by atoms with Gasteiger partial charge >= 0.3 is 0 Å². The molecule has 0 bridgehead atoms. The maximum Gasteiger partial charge on any atom is 0.229 e. The zero-order valence-electron chi connectivity index (χ0n) is 18.1. The van der Waals surface area contributed by atoms with Gasteiger partial charge in [0.05, 0.1) is 13.7 Å². The molecule has 0 saturated carbocycles. The van der Waals surface area contributed by atoms with Gasteiger partial charge in [-0.3, -0.25) is 0 Å². The highest BCUT2D eigenvalue weighted by atomic mass is 16.7. The van der Waals surface area contributed by atoms with Gasteiger partial charge in [-0.05, 0) is 48.2 Å². The molecule has 4 N–H and O–H groups in total. The van der Waals surface area contributed by atoms with Crippen molar-refractivity contribution < 1.29 is 34.6 Å². The van der Waals surface area contributed by atoms with Crippen molar-refractivity contribution in [2.24, 2.45) is 0 Å². The average Bonchev–Trinajstić information content (AvgIpc) is 2.80. The van der Waals surface area contributed by atoms with E-state index in [9.17, 15) is 20.4 Å². The van der Waals surface area contributed by atoms with Crippen molar-refractivity contribution in [3.05, 3.63) is 72.8 Å². The summed E-state index contributed by atoms with van der Waals surface area (Å²) in [6, 6.07) is 11.4. The Kier molecular flexibility index (Phi) is 8.06. The summed E-state index contributed by atoms with van der Waals surface area (Å²) in [5.74, 6) is 1.02. The summed E-state index contributed by atoms with van der Waals surface area (Å²) in [6.45, 7) is 7.06. The van der Waals surface area contributed by atoms with Crippen LogP contribution in [0.3, 0.4) is 0 Å². The normalized spacial score (nSPS) is 25.2. The average molecular weight is 443 g/mol. The van der Waals surface area contributed by atoms with E-state index in [1.807, 2.05) is 36.4 Å². The fourth-order valence-electron chi connectivity index (χ4n) is 3.73. The van der Waals surface area contributed by atoms with Crippen LogP contribution in [0.5, 0.6) is 11.5 Å². The Morgan fingerprint density at radius 1 is 0.875 bits per heavy atom. The molecule has 0 unspecified atom stereocenters. The van der Waals surface area contributed by atoms with Gasteiger partial charge in [0.1, 0.15) is 35.9 Å². The number of methoxy groups -OCH3 is 1. The summed E-state index contributed by atoms with van der Waals surface area (Å²) in [5.41, 5.74) is 3.50. The Bertz CT molecular complexity index is 940. The third-order valence-corrected chi connectivity index (χ3v) is 5.45. The van der Waals surface area contributed by atoms with E-state index < -0.39 is 37.3 Å². The maximum absolute atomic E-state index is 10.4. The Morgan fingerprint density at radius 2 is 1.44 bits per heavy atom. The van der Waals surface area contributed by atoms with Gasteiger partial charge in [-0.1, -0.05) is 24.3 Å². The summed E-state index contributed by atoms with van der Waals surface area (Å²) < 4.78 is 17.1. The topological polar surface area (TPSA) is 109 Å². The predicted molar refractivity (Wildman–Crippen MR) is 121 cm³/mol. The van der Waals surface area contributed by atoms with Crippen LogP contribution in [0.2, 0.25) is 0 Å². The summed E-state index contributed by atoms with van der Waals surface area (Å²) in [5, 5.41) is 40.0. The van der Waals surface area contributed by atoms with Gasteiger partial charge in [0.25, 0.3) is 0 Å². The van der Waals surface area contributed by atoms with Gasteiger partial charge in [-0.25, -0.2) is 0 Å². The van der Waals surface area contributed by atoms with E-state index in [-0.39, 0.29) is 0 Å². The molecule has 172 valence electrons. The van der Waals surface area contributed by atoms with Gasteiger partial charge in [-0.2, -0.15) is 0 Å². The van der Waals surface area contributed by atoms with Crippen molar-refractivity contribution in [1.29, 1.82) is 0 Å². The zero-order valence-corrected chi connectivity index (χ0v) is 18.1. The molecule has 0 aliphatic carbocycles. The van der Waals surface area contributed by atoms with E-state index in [4.69, 9.17) is 14.2 Å². The molecule has 2 aromatic carbocycles. The van der Waals surface area contributed by atoms with Crippen molar-refractivity contribution >= 4 is 0 Å². The highest BCUT2D eigenvalue weighted by molar-refractivity contribution is 5.77. The van der Waals surface area contributed by atoms with Crippen molar-refractivity contribution in [1.82, 2.24) is 0 Å². The second-order valence-corrected chi connectivity index (χ2v) is 7.67. The van der Waals surface area contributed by atoms with Crippen LogP contribution >= 0.6 is 0 Å². The van der Waals surface area contributed by atoms with E-state index in [1.54, 1.807) is 19.3 Å². The Morgan fingerprint density at radius 3 is 1.97 bits per heavy atom. The fraction of sp³-hybridized carbons (Fsp3) is 0.360. The fourth-order valence-corrected chi connectivity index (χ4v) is 3.73. The van der Waals surface area contributed by atoms with Crippen LogP contribution in [0.25, 0.3) is 11.1 Å². The lowest BCUT2D eigenvalue weighted by atomic mass is 9.96. The van der Waals surface area contributed by atoms with Crippen molar-refractivity contribution in [3.63, 3.8) is 0 Å². The second-order valence-electron chi connectivity index (χ2n) is 7.67. The van der Waals surface area contributed by atoms with Gasteiger partial charge in [0.2, 0.25) is 6.29 Å². The van der Waals surface area contributed by atoms with Gasteiger partial charge in [-0.15, -0.1) is 13.2 Å². The molecule has 1 aliphatic rings. The number of hydrogen-bond acceptors (Lipinski definition) is 7. The predicted octanol–water partition coefficient (Wildman–Crippen LogP) is 2.00. The van der Waals surface area contributed by atoms with Crippen LogP contribution in [0.1, 0.15) is 11.1 Å². The summed E-state index contributed by atoms with van der Waals surface area (Å²) in [7, 11) is 1.58. The first-order valence-corrected chi connectivity index (χ1v) is 10.4. The van der Waals surface area contributed by atoms with E-state index in [0.29, 0.717) is 29.9 Å². The monoisotopic (exact) mass is 442 g/mol. The molecule has 1 fully saturated rings. The van der Waals surface area contributed by atoms with Gasteiger partial charge in [0.15, 0.2) is 0 Å². The molecule has 0 spiro atoms. The molecule has 7 heteroatoms. The van der Waals surface area contributed by atoms with Crippen molar-refractivity contribution in [3.8, 4) is 22.6 Å². The lowest BCUT2D eigenvalue weighted by Gasteiger charge is -2.39. The minimum atomic E-state index is -1.53. The number of aliphatic hydroxyl groups is 4. The van der Waals surface area contributed by atoms with Crippen LogP contribution in [0.4, 0.5) is 0 Å². The second kappa shape index (κ2) is 10.8. The number of ether oxygens (including phenoxy) is 3. The van der Waals surface area contributed by atoms with Crippen LogP contribution in [0.15, 0.2) is 61.7 Å². The van der Waals surface area contributed by atoms with E-state index in [0.717, 1.165) is 16.7 Å². The summed E-state index contributed by atoms with van der Waals surface area (Å²) in [4.78, 5) is 0. The number of allylic oxidation sites excluding steroid dienone is 2. The molecule has 3 rings (SSSR count).